The van der Waals surface area contributed by atoms with E-state index in [1.807, 2.05) is 36.4 Å². The second kappa shape index (κ2) is 9.61. The van der Waals surface area contributed by atoms with Crippen LogP contribution in [0, 0.1) is 10.8 Å². The molecule has 0 aliphatic heterocycles. The molecule has 4 nitrogen and oxygen atoms in total. The van der Waals surface area contributed by atoms with E-state index in [1.54, 1.807) is 0 Å². The zero-order valence-electron chi connectivity index (χ0n) is 18.6. The van der Waals surface area contributed by atoms with Crippen LogP contribution in [0.15, 0.2) is 60.7 Å². The standard InChI is InChI=1S/2C13H18O2/c2*1-13(2)11(14)8-12(13)15-9-10-6-4-3-5-7-10/h2*3-7,11-12,14H,8-9H2,1-2H3/t2*11-,12+/m10/s1. The summed E-state index contributed by atoms with van der Waals surface area (Å²) in [7, 11) is 0. The molecule has 4 rings (SSSR count). The Morgan fingerprint density at radius 2 is 1.00 bits per heavy atom. The molecule has 2 aliphatic rings. The average Bonchev–Trinajstić information content (AvgIpc) is 2.75. The first-order valence-corrected chi connectivity index (χ1v) is 10.9. The lowest BCUT2D eigenvalue weighted by molar-refractivity contribution is -0.179. The fourth-order valence-corrected chi connectivity index (χ4v) is 3.84. The molecule has 4 heteroatoms. The first-order chi connectivity index (χ1) is 14.2. The summed E-state index contributed by atoms with van der Waals surface area (Å²) in [4.78, 5) is 0. The molecule has 0 spiro atoms. The van der Waals surface area contributed by atoms with E-state index in [1.165, 1.54) is 11.1 Å². The molecule has 30 heavy (non-hydrogen) atoms. The van der Waals surface area contributed by atoms with E-state index < -0.39 is 0 Å². The summed E-state index contributed by atoms with van der Waals surface area (Å²) in [5.74, 6) is 0. The summed E-state index contributed by atoms with van der Waals surface area (Å²) >= 11 is 0. The highest BCUT2D eigenvalue weighted by atomic mass is 16.5. The summed E-state index contributed by atoms with van der Waals surface area (Å²) in [5, 5.41) is 19.1. The van der Waals surface area contributed by atoms with Crippen LogP contribution in [0.3, 0.4) is 0 Å². The molecule has 2 aliphatic carbocycles. The zero-order valence-corrected chi connectivity index (χ0v) is 18.6. The molecule has 2 aromatic carbocycles. The Kier molecular flexibility index (Phi) is 7.35. The van der Waals surface area contributed by atoms with Crippen molar-refractivity contribution >= 4 is 0 Å². The topological polar surface area (TPSA) is 58.9 Å². The maximum Gasteiger partial charge on any atom is 0.0720 e. The Bertz CT molecular complexity index is 705. The fraction of sp³-hybridized carbons (Fsp3) is 0.538. The molecular weight excluding hydrogens is 376 g/mol. The second-order valence-corrected chi connectivity index (χ2v) is 9.72. The number of aliphatic hydroxyl groups excluding tert-OH is 2. The predicted octanol–water partition coefficient (Wildman–Crippen LogP) is 4.73. The summed E-state index contributed by atoms with van der Waals surface area (Å²) in [6.07, 6.45) is 1.48. The number of rotatable bonds is 6. The number of hydrogen-bond acceptors (Lipinski definition) is 4. The van der Waals surface area contributed by atoms with Crippen LogP contribution in [0.25, 0.3) is 0 Å². The molecule has 0 bridgehead atoms. The molecule has 0 heterocycles. The first-order valence-electron chi connectivity index (χ1n) is 10.9. The monoisotopic (exact) mass is 412 g/mol. The molecule has 0 unspecified atom stereocenters. The molecule has 164 valence electrons. The maximum absolute atomic E-state index is 9.56. The minimum Gasteiger partial charge on any atom is -0.392 e. The van der Waals surface area contributed by atoms with Crippen LogP contribution in [0.5, 0.6) is 0 Å². The molecule has 0 amide bonds. The molecule has 4 atom stereocenters. The van der Waals surface area contributed by atoms with Crippen molar-refractivity contribution in [3.05, 3.63) is 71.8 Å². The highest BCUT2D eigenvalue weighted by molar-refractivity contribution is 5.14. The van der Waals surface area contributed by atoms with E-state index in [0.29, 0.717) is 13.2 Å². The maximum atomic E-state index is 9.56. The summed E-state index contributed by atoms with van der Waals surface area (Å²) in [6, 6.07) is 20.3. The summed E-state index contributed by atoms with van der Waals surface area (Å²) in [6.45, 7) is 9.49. The number of ether oxygens (including phenoxy) is 2. The Morgan fingerprint density at radius 3 is 1.27 bits per heavy atom. The van der Waals surface area contributed by atoms with Gasteiger partial charge in [-0.15, -0.1) is 0 Å². The van der Waals surface area contributed by atoms with Crippen LogP contribution in [0.1, 0.15) is 51.7 Å². The van der Waals surface area contributed by atoms with E-state index in [4.69, 9.17) is 9.47 Å². The van der Waals surface area contributed by atoms with Gasteiger partial charge in [-0.25, -0.2) is 0 Å². The van der Waals surface area contributed by atoms with Gasteiger partial charge in [-0.3, -0.25) is 0 Å². The third-order valence-corrected chi connectivity index (χ3v) is 6.84. The fourth-order valence-electron chi connectivity index (χ4n) is 3.84. The SMILES string of the molecule is CC1(C)[C@@H](O)C[C@H]1OCc1ccccc1.CC1(C)[C@H](O)C[C@@H]1OCc1ccccc1. The predicted molar refractivity (Wildman–Crippen MR) is 119 cm³/mol. The average molecular weight is 413 g/mol. The molecule has 2 fully saturated rings. The molecule has 0 aromatic heterocycles. The van der Waals surface area contributed by atoms with Gasteiger partial charge in [-0.2, -0.15) is 0 Å². The van der Waals surface area contributed by atoms with Crippen molar-refractivity contribution in [2.75, 3.05) is 0 Å². The van der Waals surface area contributed by atoms with Crippen LogP contribution in [-0.4, -0.2) is 34.6 Å². The molecular formula is C26H36O4. The van der Waals surface area contributed by atoms with Crippen molar-refractivity contribution in [2.45, 2.75) is 78.2 Å². The van der Waals surface area contributed by atoms with E-state index in [-0.39, 0.29) is 35.2 Å². The largest absolute Gasteiger partial charge is 0.392 e. The molecule has 2 aromatic rings. The number of hydrogen-bond donors (Lipinski definition) is 2. The lowest BCUT2D eigenvalue weighted by Crippen LogP contribution is -2.54. The smallest absolute Gasteiger partial charge is 0.0720 e. The Hall–Kier alpha value is -1.72. The molecule has 0 radical (unpaired) electrons. The van der Waals surface area contributed by atoms with E-state index in [9.17, 15) is 10.2 Å². The molecule has 2 saturated carbocycles. The van der Waals surface area contributed by atoms with Crippen molar-refractivity contribution in [1.82, 2.24) is 0 Å². The Balaban J connectivity index is 0.000000171. The van der Waals surface area contributed by atoms with Crippen molar-refractivity contribution in [3.8, 4) is 0 Å². The van der Waals surface area contributed by atoms with Crippen molar-refractivity contribution in [3.63, 3.8) is 0 Å². The van der Waals surface area contributed by atoms with Gasteiger partial charge in [-0.05, 0) is 11.1 Å². The number of aliphatic hydroxyl groups is 2. The minimum absolute atomic E-state index is 0.0885. The Labute approximate surface area is 180 Å². The van der Waals surface area contributed by atoms with Gasteiger partial charge in [0.05, 0.1) is 37.6 Å². The molecule has 0 saturated heterocycles. The summed E-state index contributed by atoms with van der Waals surface area (Å²) in [5.41, 5.74) is 2.20. The van der Waals surface area contributed by atoms with Crippen LogP contribution >= 0.6 is 0 Å². The van der Waals surface area contributed by atoms with Crippen LogP contribution in [-0.2, 0) is 22.7 Å². The first kappa shape index (κ1) is 23.0. The van der Waals surface area contributed by atoms with Gasteiger partial charge in [-0.1, -0.05) is 88.4 Å². The van der Waals surface area contributed by atoms with Gasteiger partial charge < -0.3 is 19.7 Å². The normalized spacial score (nSPS) is 28.5. The quantitative estimate of drug-likeness (QED) is 0.720. The van der Waals surface area contributed by atoms with Crippen LogP contribution in [0.2, 0.25) is 0 Å². The minimum atomic E-state index is -0.210. The van der Waals surface area contributed by atoms with Gasteiger partial charge in [0.2, 0.25) is 0 Å². The van der Waals surface area contributed by atoms with Crippen LogP contribution < -0.4 is 0 Å². The lowest BCUT2D eigenvalue weighted by atomic mass is 9.66. The zero-order chi connectivity index (χ0) is 21.8. The highest BCUT2D eigenvalue weighted by Crippen LogP contribution is 2.43. The molecule has 2 N–H and O–H groups in total. The third kappa shape index (κ3) is 5.30. The van der Waals surface area contributed by atoms with Gasteiger partial charge >= 0.3 is 0 Å². The Morgan fingerprint density at radius 1 is 0.667 bits per heavy atom. The lowest BCUT2D eigenvalue weighted by Gasteiger charge is -2.48. The van der Waals surface area contributed by atoms with Gasteiger partial charge in [0.15, 0.2) is 0 Å². The highest BCUT2D eigenvalue weighted by Gasteiger charge is 2.48. The third-order valence-electron chi connectivity index (χ3n) is 6.84. The number of benzene rings is 2. The second-order valence-electron chi connectivity index (χ2n) is 9.72. The van der Waals surface area contributed by atoms with Crippen LogP contribution in [0.4, 0.5) is 0 Å². The van der Waals surface area contributed by atoms with Crippen molar-refractivity contribution in [1.29, 1.82) is 0 Å². The van der Waals surface area contributed by atoms with Crippen molar-refractivity contribution < 1.29 is 19.7 Å². The summed E-state index contributed by atoms with van der Waals surface area (Å²) < 4.78 is 11.6. The van der Waals surface area contributed by atoms with Crippen molar-refractivity contribution in [2.24, 2.45) is 10.8 Å². The van der Waals surface area contributed by atoms with E-state index in [0.717, 1.165) is 12.8 Å². The van der Waals surface area contributed by atoms with Gasteiger partial charge in [0.25, 0.3) is 0 Å². The van der Waals surface area contributed by atoms with Gasteiger partial charge in [0.1, 0.15) is 0 Å². The van der Waals surface area contributed by atoms with E-state index >= 15 is 0 Å². The van der Waals surface area contributed by atoms with Gasteiger partial charge in [0, 0.05) is 23.7 Å². The van der Waals surface area contributed by atoms with E-state index in [2.05, 4.69) is 52.0 Å².